The van der Waals surface area contributed by atoms with Gasteiger partial charge in [0.15, 0.2) is 0 Å². The average Bonchev–Trinajstić information content (AvgIpc) is 2.65. The van der Waals surface area contributed by atoms with Gasteiger partial charge < -0.3 is 5.11 Å². The highest BCUT2D eigenvalue weighted by atomic mass is 16.3. The van der Waals surface area contributed by atoms with Gasteiger partial charge in [-0.25, -0.2) is 4.98 Å². The van der Waals surface area contributed by atoms with Crippen LogP contribution in [0.25, 0.3) is 16.6 Å². The van der Waals surface area contributed by atoms with Crippen molar-refractivity contribution in [2.75, 3.05) is 0 Å². The summed E-state index contributed by atoms with van der Waals surface area (Å²) in [5.41, 5.74) is 1.65. The van der Waals surface area contributed by atoms with Gasteiger partial charge in [0.2, 0.25) is 0 Å². The molecule has 0 spiro atoms. The number of phenols is 1. The highest BCUT2D eigenvalue weighted by Crippen LogP contribution is 2.24. The number of aromatic hydroxyl groups is 1. The van der Waals surface area contributed by atoms with Gasteiger partial charge in [0.1, 0.15) is 11.4 Å². The maximum Gasteiger partial charge on any atom is 0.140 e. The fraction of sp³-hybridized carbons (Fsp3) is 0. The molecule has 3 heteroatoms. The largest absolute Gasteiger partial charge is 0.506 e. The van der Waals surface area contributed by atoms with Crippen LogP contribution in [0.5, 0.6) is 5.75 Å². The third kappa shape index (κ3) is 0.836. The van der Waals surface area contributed by atoms with Crippen molar-refractivity contribution >= 4 is 16.6 Å². The van der Waals surface area contributed by atoms with E-state index in [1.54, 1.807) is 12.3 Å². The Kier molecular flexibility index (Phi) is 1.31. The highest BCUT2D eigenvalue weighted by Gasteiger charge is 2.03. The van der Waals surface area contributed by atoms with Crippen LogP contribution in [0.3, 0.4) is 0 Å². The first-order chi connectivity index (χ1) is 6.86. The fourth-order valence-corrected chi connectivity index (χ4v) is 1.74. The van der Waals surface area contributed by atoms with Gasteiger partial charge in [-0.15, -0.1) is 0 Å². The predicted molar refractivity (Wildman–Crippen MR) is 54.4 cm³/mol. The minimum absolute atomic E-state index is 0.283. The van der Waals surface area contributed by atoms with Gasteiger partial charge in [0.05, 0.1) is 5.52 Å². The maximum absolute atomic E-state index is 9.74. The Morgan fingerprint density at radius 2 is 2.07 bits per heavy atom. The van der Waals surface area contributed by atoms with E-state index in [1.165, 1.54) is 0 Å². The molecule has 0 radical (unpaired) electrons. The van der Waals surface area contributed by atoms with Crippen molar-refractivity contribution in [3.63, 3.8) is 0 Å². The minimum Gasteiger partial charge on any atom is -0.506 e. The number of nitrogens with zero attached hydrogens (tertiary/aromatic N) is 2. The van der Waals surface area contributed by atoms with Crippen LogP contribution < -0.4 is 0 Å². The molecular weight excluding hydrogens is 176 g/mol. The maximum atomic E-state index is 9.74. The van der Waals surface area contributed by atoms with Crippen molar-refractivity contribution in [1.82, 2.24) is 9.38 Å². The van der Waals surface area contributed by atoms with Crippen LogP contribution in [0, 0.1) is 0 Å². The van der Waals surface area contributed by atoms with Crippen molar-refractivity contribution in [3.8, 4) is 5.75 Å². The Hall–Kier alpha value is -2.03. The minimum atomic E-state index is 0.283. The summed E-state index contributed by atoms with van der Waals surface area (Å²) in [7, 11) is 0. The fourth-order valence-electron chi connectivity index (χ4n) is 1.74. The number of para-hydroxylation sites is 1. The second kappa shape index (κ2) is 2.48. The summed E-state index contributed by atoms with van der Waals surface area (Å²) in [4.78, 5) is 4.16. The van der Waals surface area contributed by atoms with Crippen LogP contribution >= 0.6 is 0 Å². The Bertz CT molecular complexity index is 613. The summed E-state index contributed by atoms with van der Waals surface area (Å²) in [6.45, 7) is 0. The van der Waals surface area contributed by atoms with E-state index in [-0.39, 0.29) is 5.75 Å². The van der Waals surface area contributed by atoms with Crippen molar-refractivity contribution in [2.24, 2.45) is 0 Å². The van der Waals surface area contributed by atoms with Crippen LogP contribution in [0.2, 0.25) is 0 Å². The molecule has 2 heterocycles. The third-order valence-corrected chi connectivity index (χ3v) is 2.37. The number of rotatable bonds is 0. The Morgan fingerprint density at radius 1 is 1.14 bits per heavy atom. The first kappa shape index (κ1) is 7.38. The number of imidazole rings is 1. The zero-order chi connectivity index (χ0) is 9.54. The summed E-state index contributed by atoms with van der Waals surface area (Å²) < 4.78 is 1.88. The topological polar surface area (TPSA) is 37.5 Å². The lowest BCUT2D eigenvalue weighted by atomic mass is 10.2. The van der Waals surface area contributed by atoms with Crippen molar-refractivity contribution in [2.45, 2.75) is 0 Å². The van der Waals surface area contributed by atoms with Gasteiger partial charge in [-0.3, -0.25) is 4.40 Å². The Morgan fingerprint density at radius 3 is 3.00 bits per heavy atom. The van der Waals surface area contributed by atoms with E-state index in [1.807, 2.05) is 34.9 Å². The molecule has 0 saturated carbocycles. The van der Waals surface area contributed by atoms with Crippen LogP contribution in [-0.2, 0) is 0 Å². The molecule has 1 N–H and O–H groups in total. The third-order valence-electron chi connectivity index (χ3n) is 2.37. The van der Waals surface area contributed by atoms with Gasteiger partial charge in [-0.1, -0.05) is 12.1 Å². The molecule has 3 aromatic rings. The molecule has 0 atom stereocenters. The number of fused-ring (bicyclic) bond motifs is 3. The second-order valence-electron chi connectivity index (χ2n) is 3.20. The van der Waals surface area contributed by atoms with E-state index >= 15 is 0 Å². The molecule has 0 aliphatic heterocycles. The van der Waals surface area contributed by atoms with Gasteiger partial charge >= 0.3 is 0 Å². The Labute approximate surface area is 80.2 Å². The normalized spacial score (nSPS) is 11.1. The number of hydrogen-bond donors (Lipinski definition) is 1. The van der Waals surface area contributed by atoms with E-state index in [0.29, 0.717) is 0 Å². The average molecular weight is 184 g/mol. The lowest BCUT2D eigenvalue weighted by Gasteiger charge is -2.03. The summed E-state index contributed by atoms with van der Waals surface area (Å²) in [6.07, 6.45) is 3.57. The molecule has 0 aliphatic rings. The molecular formula is C11H8N2O. The van der Waals surface area contributed by atoms with Gasteiger partial charge in [0.25, 0.3) is 0 Å². The predicted octanol–water partition coefficient (Wildman–Crippen LogP) is 2.19. The number of aromatic nitrogens is 2. The highest BCUT2D eigenvalue weighted by molar-refractivity contribution is 5.86. The van der Waals surface area contributed by atoms with E-state index in [4.69, 9.17) is 0 Å². The summed E-state index contributed by atoms with van der Waals surface area (Å²) in [5, 5.41) is 10.7. The molecule has 0 aliphatic carbocycles. The van der Waals surface area contributed by atoms with Crippen molar-refractivity contribution in [1.29, 1.82) is 0 Å². The lowest BCUT2D eigenvalue weighted by Crippen LogP contribution is -1.86. The number of hydrogen-bond acceptors (Lipinski definition) is 2. The number of pyridine rings is 1. The zero-order valence-corrected chi connectivity index (χ0v) is 7.38. The zero-order valence-electron chi connectivity index (χ0n) is 7.38. The van der Waals surface area contributed by atoms with Gasteiger partial charge in [0, 0.05) is 17.8 Å². The molecule has 0 unspecified atom stereocenters. The van der Waals surface area contributed by atoms with Crippen LogP contribution in [0.15, 0.2) is 42.7 Å². The summed E-state index contributed by atoms with van der Waals surface area (Å²) >= 11 is 0. The second-order valence-corrected chi connectivity index (χ2v) is 3.20. The molecule has 0 fully saturated rings. The molecule has 1 aromatic carbocycles. The van der Waals surface area contributed by atoms with Crippen molar-refractivity contribution < 1.29 is 5.11 Å². The van der Waals surface area contributed by atoms with Gasteiger partial charge in [-0.2, -0.15) is 0 Å². The van der Waals surface area contributed by atoms with E-state index < -0.39 is 0 Å². The van der Waals surface area contributed by atoms with Gasteiger partial charge in [-0.05, 0) is 18.2 Å². The van der Waals surface area contributed by atoms with Crippen molar-refractivity contribution in [3.05, 3.63) is 42.7 Å². The number of benzene rings is 1. The van der Waals surface area contributed by atoms with E-state index in [2.05, 4.69) is 4.98 Å². The molecule has 68 valence electrons. The Balaban J connectivity index is 2.67. The molecule has 2 aromatic heterocycles. The quantitative estimate of drug-likeness (QED) is 0.581. The first-order valence-electron chi connectivity index (χ1n) is 4.40. The monoisotopic (exact) mass is 184 g/mol. The van der Waals surface area contributed by atoms with E-state index in [9.17, 15) is 5.11 Å². The molecule has 0 amide bonds. The standard InChI is InChI=1S/C11H8N2O/c14-9-3-1-2-8-4-5-10-12-6-7-13(10)11(8)9/h1-7,14H. The first-order valence-corrected chi connectivity index (χ1v) is 4.40. The molecule has 3 nitrogen and oxygen atoms in total. The smallest absolute Gasteiger partial charge is 0.140 e. The van der Waals surface area contributed by atoms with E-state index in [0.717, 1.165) is 16.6 Å². The van der Waals surface area contributed by atoms with Crippen LogP contribution in [0.4, 0.5) is 0 Å². The molecule has 0 bridgehead atoms. The SMILES string of the molecule is Oc1cccc2ccc3nccn3c12. The molecule has 3 rings (SSSR count). The number of phenolic OH excluding ortho intramolecular Hbond substituents is 1. The lowest BCUT2D eigenvalue weighted by molar-refractivity contribution is 0.480. The summed E-state index contributed by atoms with van der Waals surface area (Å²) in [6, 6.07) is 9.37. The van der Waals surface area contributed by atoms with Crippen LogP contribution in [0.1, 0.15) is 0 Å². The van der Waals surface area contributed by atoms with Crippen LogP contribution in [-0.4, -0.2) is 14.5 Å². The summed E-state index contributed by atoms with van der Waals surface area (Å²) in [5.74, 6) is 0.283. The molecule has 0 saturated heterocycles. The molecule has 14 heavy (non-hydrogen) atoms.